The van der Waals surface area contributed by atoms with Crippen molar-refractivity contribution in [2.45, 2.75) is 26.8 Å². The molecular weight excluding hydrogens is 204 g/mol. The number of carbonyl (C=O) groups is 1. The second-order valence-corrected chi connectivity index (χ2v) is 3.71. The first-order chi connectivity index (χ1) is 7.65. The highest BCUT2D eigenvalue weighted by molar-refractivity contribution is 5.99. The molecule has 88 valence electrons. The van der Waals surface area contributed by atoms with Gasteiger partial charge in [0.1, 0.15) is 0 Å². The van der Waals surface area contributed by atoms with Crippen LogP contribution in [0.3, 0.4) is 0 Å². The van der Waals surface area contributed by atoms with Crippen molar-refractivity contribution in [3.63, 3.8) is 0 Å². The first-order valence-corrected chi connectivity index (χ1v) is 5.42. The lowest BCUT2D eigenvalue weighted by atomic mass is 10.1. The topological polar surface area (TPSA) is 50.4 Å². The molecule has 0 aromatic heterocycles. The number of anilines is 1. The number of hydrogen-bond donors (Lipinski definition) is 2. The predicted octanol–water partition coefficient (Wildman–Crippen LogP) is 2.19. The molecule has 0 atom stereocenters. The van der Waals surface area contributed by atoms with Crippen LogP contribution in [0.5, 0.6) is 0 Å². The Kier molecular flexibility index (Phi) is 4.79. The molecule has 0 unspecified atom stereocenters. The highest BCUT2D eigenvalue weighted by Crippen LogP contribution is 2.15. The summed E-state index contributed by atoms with van der Waals surface area (Å²) in [6.45, 7) is 6.32. The fraction of sp³-hybridized carbons (Fsp3) is 0.417. The fourth-order valence-corrected chi connectivity index (χ4v) is 1.31. The molecule has 0 heterocycles. The van der Waals surface area contributed by atoms with Gasteiger partial charge in [-0.2, -0.15) is 0 Å². The van der Waals surface area contributed by atoms with Crippen molar-refractivity contribution in [1.29, 1.82) is 0 Å². The molecule has 0 saturated carbocycles. The van der Waals surface area contributed by atoms with E-state index in [1.165, 1.54) is 0 Å². The second-order valence-electron chi connectivity index (χ2n) is 3.71. The maximum absolute atomic E-state index is 11.7. The Morgan fingerprint density at radius 2 is 2.06 bits per heavy atom. The van der Waals surface area contributed by atoms with Crippen LogP contribution in [0.15, 0.2) is 24.3 Å². The number of rotatable bonds is 5. The highest BCUT2D eigenvalue weighted by Gasteiger charge is 2.10. The minimum atomic E-state index is -0.231. The molecule has 1 rings (SSSR count). The van der Waals surface area contributed by atoms with Crippen LogP contribution in [0.2, 0.25) is 0 Å². The van der Waals surface area contributed by atoms with Gasteiger partial charge in [-0.15, -0.1) is 0 Å². The van der Waals surface area contributed by atoms with E-state index in [4.69, 9.17) is 4.84 Å². The summed E-state index contributed by atoms with van der Waals surface area (Å²) >= 11 is 0. The first kappa shape index (κ1) is 12.5. The van der Waals surface area contributed by atoms with Gasteiger partial charge in [0, 0.05) is 11.7 Å². The van der Waals surface area contributed by atoms with Crippen LogP contribution >= 0.6 is 0 Å². The van der Waals surface area contributed by atoms with E-state index in [0.717, 1.165) is 5.69 Å². The van der Waals surface area contributed by atoms with E-state index in [2.05, 4.69) is 10.8 Å². The van der Waals surface area contributed by atoms with Gasteiger partial charge in [0.2, 0.25) is 0 Å². The van der Waals surface area contributed by atoms with E-state index in [1.54, 1.807) is 6.07 Å². The summed E-state index contributed by atoms with van der Waals surface area (Å²) in [5.41, 5.74) is 3.79. The molecule has 0 aliphatic carbocycles. The van der Waals surface area contributed by atoms with E-state index in [-0.39, 0.29) is 11.9 Å². The Hall–Kier alpha value is -1.55. The maximum Gasteiger partial charge on any atom is 0.276 e. The summed E-state index contributed by atoms with van der Waals surface area (Å²) in [4.78, 5) is 16.6. The molecule has 4 heteroatoms. The Bertz CT molecular complexity index is 351. The van der Waals surface area contributed by atoms with E-state index < -0.39 is 0 Å². The van der Waals surface area contributed by atoms with Crippen LogP contribution in [0.4, 0.5) is 5.69 Å². The summed E-state index contributed by atoms with van der Waals surface area (Å²) in [6.07, 6.45) is 0. The standard InChI is InChI=1S/C12H18N2O2/c1-4-16-14-12(15)10-7-5-6-8-11(10)13-9(2)3/h5-9,13H,4H2,1-3H3,(H,14,15). The largest absolute Gasteiger partial charge is 0.382 e. The van der Waals surface area contributed by atoms with Gasteiger partial charge in [-0.25, -0.2) is 5.48 Å². The Balaban J connectivity index is 2.81. The smallest absolute Gasteiger partial charge is 0.276 e. The molecular formula is C12H18N2O2. The lowest BCUT2D eigenvalue weighted by molar-refractivity contribution is 0.0365. The predicted molar refractivity (Wildman–Crippen MR) is 64.3 cm³/mol. The van der Waals surface area contributed by atoms with Gasteiger partial charge in [-0.1, -0.05) is 12.1 Å². The van der Waals surface area contributed by atoms with Crippen molar-refractivity contribution >= 4 is 11.6 Å². The molecule has 16 heavy (non-hydrogen) atoms. The monoisotopic (exact) mass is 222 g/mol. The van der Waals surface area contributed by atoms with Gasteiger partial charge in [0.25, 0.3) is 5.91 Å². The van der Waals surface area contributed by atoms with Gasteiger partial charge in [-0.05, 0) is 32.9 Å². The van der Waals surface area contributed by atoms with Crippen LogP contribution in [0, 0.1) is 0 Å². The summed E-state index contributed by atoms with van der Waals surface area (Å²) in [6, 6.07) is 7.63. The number of carbonyl (C=O) groups excluding carboxylic acids is 1. The van der Waals surface area contributed by atoms with E-state index in [9.17, 15) is 4.79 Å². The Morgan fingerprint density at radius 3 is 2.69 bits per heavy atom. The zero-order chi connectivity index (χ0) is 12.0. The van der Waals surface area contributed by atoms with Crippen molar-refractivity contribution in [3.8, 4) is 0 Å². The summed E-state index contributed by atoms with van der Waals surface area (Å²) in [5, 5.41) is 3.21. The molecule has 2 N–H and O–H groups in total. The molecule has 0 fully saturated rings. The number of amides is 1. The molecule has 1 aromatic rings. The van der Waals surface area contributed by atoms with E-state index in [0.29, 0.717) is 12.2 Å². The number of hydrogen-bond acceptors (Lipinski definition) is 3. The summed E-state index contributed by atoms with van der Waals surface area (Å²) in [5.74, 6) is -0.231. The van der Waals surface area contributed by atoms with E-state index >= 15 is 0 Å². The Morgan fingerprint density at radius 1 is 1.38 bits per heavy atom. The van der Waals surface area contributed by atoms with Gasteiger partial charge in [0.15, 0.2) is 0 Å². The fourth-order valence-electron chi connectivity index (χ4n) is 1.31. The van der Waals surface area contributed by atoms with Crippen LogP contribution in [0.25, 0.3) is 0 Å². The van der Waals surface area contributed by atoms with Crippen molar-refractivity contribution in [3.05, 3.63) is 29.8 Å². The average molecular weight is 222 g/mol. The van der Waals surface area contributed by atoms with Gasteiger partial charge >= 0.3 is 0 Å². The third-order valence-corrected chi connectivity index (χ3v) is 1.93. The van der Waals surface area contributed by atoms with Crippen LogP contribution < -0.4 is 10.8 Å². The average Bonchev–Trinajstić information content (AvgIpc) is 2.26. The van der Waals surface area contributed by atoms with Gasteiger partial charge < -0.3 is 5.32 Å². The Labute approximate surface area is 95.9 Å². The quantitative estimate of drug-likeness (QED) is 0.751. The molecule has 4 nitrogen and oxygen atoms in total. The van der Waals surface area contributed by atoms with Crippen LogP contribution in [-0.2, 0) is 4.84 Å². The van der Waals surface area contributed by atoms with Crippen LogP contribution in [-0.4, -0.2) is 18.6 Å². The maximum atomic E-state index is 11.7. The number of para-hydroxylation sites is 1. The molecule has 0 aliphatic heterocycles. The zero-order valence-electron chi connectivity index (χ0n) is 9.91. The van der Waals surface area contributed by atoms with Crippen molar-refractivity contribution in [2.75, 3.05) is 11.9 Å². The molecule has 0 bridgehead atoms. The number of benzene rings is 1. The molecule has 0 spiro atoms. The third-order valence-electron chi connectivity index (χ3n) is 1.93. The summed E-state index contributed by atoms with van der Waals surface area (Å²) in [7, 11) is 0. The lowest BCUT2D eigenvalue weighted by Gasteiger charge is -2.14. The minimum Gasteiger partial charge on any atom is -0.382 e. The van der Waals surface area contributed by atoms with Crippen molar-refractivity contribution < 1.29 is 9.63 Å². The number of hydroxylamine groups is 1. The molecule has 1 amide bonds. The normalized spacial score (nSPS) is 10.2. The molecule has 0 radical (unpaired) electrons. The molecule has 1 aromatic carbocycles. The first-order valence-electron chi connectivity index (χ1n) is 5.42. The highest BCUT2D eigenvalue weighted by atomic mass is 16.6. The van der Waals surface area contributed by atoms with Crippen molar-refractivity contribution in [1.82, 2.24) is 5.48 Å². The van der Waals surface area contributed by atoms with Crippen molar-refractivity contribution in [2.24, 2.45) is 0 Å². The minimum absolute atomic E-state index is 0.231. The lowest BCUT2D eigenvalue weighted by Crippen LogP contribution is -2.25. The molecule has 0 saturated heterocycles. The van der Waals surface area contributed by atoms with Gasteiger partial charge in [0.05, 0.1) is 12.2 Å². The number of nitrogens with one attached hydrogen (secondary N) is 2. The zero-order valence-corrected chi connectivity index (χ0v) is 9.91. The van der Waals surface area contributed by atoms with Gasteiger partial charge in [-0.3, -0.25) is 9.63 Å². The molecule has 0 aliphatic rings. The SMILES string of the molecule is CCONC(=O)c1ccccc1NC(C)C. The van der Waals surface area contributed by atoms with Crippen LogP contribution in [0.1, 0.15) is 31.1 Å². The second kappa shape index (κ2) is 6.12. The summed E-state index contributed by atoms with van der Waals surface area (Å²) < 4.78 is 0. The van der Waals surface area contributed by atoms with E-state index in [1.807, 2.05) is 39.0 Å². The third kappa shape index (κ3) is 3.55.